The van der Waals surface area contributed by atoms with Gasteiger partial charge >= 0.3 is 6.03 Å². The van der Waals surface area contributed by atoms with Gasteiger partial charge in [0.25, 0.3) is 0 Å². The van der Waals surface area contributed by atoms with Gasteiger partial charge in [-0.1, -0.05) is 23.7 Å². The molecule has 1 aliphatic carbocycles. The van der Waals surface area contributed by atoms with Crippen molar-refractivity contribution in [2.24, 2.45) is 0 Å². The fourth-order valence-electron chi connectivity index (χ4n) is 1.92. The van der Waals surface area contributed by atoms with Crippen LogP contribution >= 0.6 is 11.6 Å². The standard InChI is InChI=1S/C13H17ClN2O2/c1-18-7-6-15-13(17)16-12-8-11(12)9-2-4-10(14)5-3-9/h2-5,11-12H,6-8H2,1H3,(H2,15,16,17). The molecule has 0 aromatic heterocycles. The SMILES string of the molecule is COCCNC(=O)NC1CC1c1ccc(Cl)cc1. The summed E-state index contributed by atoms with van der Waals surface area (Å²) >= 11 is 5.84. The number of rotatable bonds is 5. The Bertz CT molecular complexity index is 408. The zero-order chi connectivity index (χ0) is 13.0. The minimum absolute atomic E-state index is 0.131. The zero-order valence-corrected chi connectivity index (χ0v) is 11.0. The summed E-state index contributed by atoms with van der Waals surface area (Å²) in [5.41, 5.74) is 1.22. The fourth-order valence-corrected chi connectivity index (χ4v) is 2.04. The van der Waals surface area contributed by atoms with E-state index in [0.29, 0.717) is 19.1 Å². The predicted octanol–water partition coefficient (Wildman–Crippen LogP) is 2.14. The van der Waals surface area contributed by atoms with E-state index in [1.54, 1.807) is 7.11 Å². The van der Waals surface area contributed by atoms with Crippen molar-refractivity contribution in [1.82, 2.24) is 10.6 Å². The minimum atomic E-state index is -0.131. The van der Waals surface area contributed by atoms with Gasteiger partial charge in [-0.2, -0.15) is 0 Å². The Balaban J connectivity index is 1.74. The van der Waals surface area contributed by atoms with E-state index in [-0.39, 0.29) is 12.1 Å². The quantitative estimate of drug-likeness (QED) is 0.804. The molecule has 2 unspecified atom stereocenters. The summed E-state index contributed by atoms with van der Waals surface area (Å²) in [4.78, 5) is 11.5. The Morgan fingerprint density at radius 2 is 2.17 bits per heavy atom. The van der Waals surface area contributed by atoms with Crippen LogP contribution in [0, 0.1) is 0 Å². The van der Waals surface area contributed by atoms with E-state index in [9.17, 15) is 4.79 Å². The van der Waals surface area contributed by atoms with E-state index < -0.39 is 0 Å². The first-order chi connectivity index (χ1) is 8.70. The molecule has 98 valence electrons. The van der Waals surface area contributed by atoms with Crippen LogP contribution in [-0.4, -0.2) is 32.3 Å². The van der Waals surface area contributed by atoms with Gasteiger partial charge in [-0.15, -0.1) is 0 Å². The molecule has 2 amide bonds. The van der Waals surface area contributed by atoms with Crippen molar-refractivity contribution in [1.29, 1.82) is 0 Å². The highest BCUT2D eigenvalue weighted by atomic mass is 35.5. The van der Waals surface area contributed by atoms with Gasteiger partial charge in [0.2, 0.25) is 0 Å². The van der Waals surface area contributed by atoms with E-state index in [1.165, 1.54) is 5.56 Å². The number of carbonyl (C=O) groups is 1. The fraction of sp³-hybridized carbons (Fsp3) is 0.462. The summed E-state index contributed by atoms with van der Waals surface area (Å²) in [6.07, 6.45) is 0.985. The Hall–Kier alpha value is -1.26. The first-order valence-electron chi connectivity index (χ1n) is 5.99. The Morgan fingerprint density at radius 1 is 1.44 bits per heavy atom. The molecule has 0 spiro atoms. The summed E-state index contributed by atoms with van der Waals surface area (Å²) in [6.45, 7) is 1.05. The van der Waals surface area contributed by atoms with Gasteiger partial charge in [0, 0.05) is 30.6 Å². The third kappa shape index (κ3) is 3.62. The molecule has 1 fully saturated rings. The molecule has 18 heavy (non-hydrogen) atoms. The number of halogens is 1. The molecule has 0 saturated heterocycles. The highest BCUT2D eigenvalue weighted by Crippen LogP contribution is 2.40. The normalized spacial score (nSPS) is 21.4. The lowest BCUT2D eigenvalue weighted by atomic mass is 10.1. The molecule has 1 aromatic rings. The van der Waals surface area contributed by atoms with Crippen LogP contribution in [0.5, 0.6) is 0 Å². The minimum Gasteiger partial charge on any atom is -0.383 e. The van der Waals surface area contributed by atoms with Gasteiger partial charge in [0.1, 0.15) is 0 Å². The van der Waals surface area contributed by atoms with Gasteiger partial charge in [0.15, 0.2) is 0 Å². The maximum atomic E-state index is 11.5. The number of hydrogen-bond donors (Lipinski definition) is 2. The lowest BCUT2D eigenvalue weighted by Crippen LogP contribution is -2.38. The maximum Gasteiger partial charge on any atom is 0.315 e. The van der Waals surface area contributed by atoms with Crippen LogP contribution in [0.3, 0.4) is 0 Å². The van der Waals surface area contributed by atoms with E-state index in [2.05, 4.69) is 10.6 Å². The lowest BCUT2D eigenvalue weighted by molar-refractivity contribution is 0.195. The highest BCUT2D eigenvalue weighted by Gasteiger charge is 2.39. The van der Waals surface area contributed by atoms with Crippen LogP contribution in [-0.2, 0) is 4.74 Å². The molecular formula is C13H17ClN2O2. The summed E-state index contributed by atoms with van der Waals surface area (Å²) in [7, 11) is 1.61. The number of hydrogen-bond acceptors (Lipinski definition) is 2. The van der Waals surface area contributed by atoms with E-state index >= 15 is 0 Å². The van der Waals surface area contributed by atoms with Crippen LogP contribution in [0.1, 0.15) is 17.9 Å². The monoisotopic (exact) mass is 268 g/mol. The van der Waals surface area contributed by atoms with Crippen molar-refractivity contribution in [3.63, 3.8) is 0 Å². The molecule has 0 radical (unpaired) electrons. The molecular weight excluding hydrogens is 252 g/mol. The molecule has 1 saturated carbocycles. The van der Waals surface area contributed by atoms with Crippen molar-refractivity contribution in [3.8, 4) is 0 Å². The topological polar surface area (TPSA) is 50.4 Å². The smallest absolute Gasteiger partial charge is 0.315 e. The number of carbonyl (C=O) groups excluding carboxylic acids is 1. The average Bonchev–Trinajstić information content (AvgIpc) is 3.09. The van der Waals surface area contributed by atoms with Crippen molar-refractivity contribution < 1.29 is 9.53 Å². The van der Waals surface area contributed by atoms with E-state index in [0.717, 1.165) is 11.4 Å². The van der Waals surface area contributed by atoms with Gasteiger partial charge < -0.3 is 15.4 Å². The van der Waals surface area contributed by atoms with Crippen molar-refractivity contribution in [2.75, 3.05) is 20.3 Å². The molecule has 0 aliphatic heterocycles. The largest absolute Gasteiger partial charge is 0.383 e. The number of nitrogens with one attached hydrogen (secondary N) is 2. The van der Waals surface area contributed by atoms with Gasteiger partial charge in [-0.25, -0.2) is 4.79 Å². The number of amides is 2. The predicted molar refractivity (Wildman–Crippen MR) is 71.0 cm³/mol. The summed E-state index contributed by atoms with van der Waals surface area (Å²) in [5.74, 6) is 0.412. The maximum absolute atomic E-state index is 11.5. The Morgan fingerprint density at radius 3 is 2.83 bits per heavy atom. The van der Waals surface area contributed by atoms with E-state index in [1.807, 2.05) is 24.3 Å². The molecule has 4 nitrogen and oxygen atoms in total. The van der Waals surface area contributed by atoms with Gasteiger partial charge in [0.05, 0.1) is 6.61 Å². The molecule has 2 N–H and O–H groups in total. The summed E-state index contributed by atoms with van der Waals surface area (Å²) in [5, 5.41) is 6.41. The van der Waals surface area contributed by atoms with Crippen molar-refractivity contribution in [2.45, 2.75) is 18.4 Å². The Kier molecular flexibility index (Phi) is 4.44. The number of urea groups is 1. The second kappa shape index (κ2) is 6.07. The molecule has 1 aliphatic rings. The van der Waals surface area contributed by atoms with Crippen molar-refractivity contribution in [3.05, 3.63) is 34.9 Å². The van der Waals surface area contributed by atoms with Gasteiger partial charge in [-0.05, 0) is 24.1 Å². The molecule has 0 bridgehead atoms. The molecule has 0 heterocycles. The molecule has 5 heteroatoms. The van der Waals surface area contributed by atoms with Crippen molar-refractivity contribution >= 4 is 17.6 Å². The molecule has 2 atom stereocenters. The first kappa shape index (κ1) is 13.2. The third-order valence-corrected chi connectivity index (χ3v) is 3.25. The molecule has 2 rings (SSSR count). The van der Waals surface area contributed by atoms with Crippen LogP contribution in [0.25, 0.3) is 0 Å². The summed E-state index contributed by atoms with van der Waals surface area (Å²) < 4.78 is 4.86. The summed E-state index contributed by atoms with van der Waals surface area (Å²) in [6, 6.07) is 7.88. The average molecular weight is 269 g/mol. The second-order valence-electron chi connectivity index (χ2n) is 4.39. The number of methoxy groups -OCH3 is 1. The zero-order valence-electron chi connectivity index (χ0n) is 10.3. The second-order valence-corrected chi connectivity index (χ2v) is 4.83. The lowest BCUT2D eigenvalue weighted by Gasteiger charge is -2.06. The third-order valence-electron chi connectivity index (χ3n) is 3.00. The van der Waals surface area contributed by atoms with Crippen LogP contribution in [0.4, 0.5) is 4.79 Å². The van der Waals surface area contributed by atoms with Crippen LogP contribution in [0.15, 0.2) is 24.3 Å². The number of ether oxygens (including phenoxy) is 1. The molecule has 1 aromatic carbocycles. The van der Waals surface area contributed by atoms with Crippen LogP contribution in [0.2, 0.25) is 5.02 Å². The highest BCUT2D eigenvalue weighted by molar-refractivity contribution is 6.30. The van der Waals surface area contributed by atoms with E-state index in [4.69, 9.17) is 16.3 Å². The Labute approximate surface area is 112 Å². The van der Waals surface area contributed by atoms with Gasteiger partial charge in [-0.3, -0.25) is 0 Å². The van der Waals surface area contributed by atoms with Crippen LogP contribution < -0.4 is 10.6 Å². The number of benzene rings is 1. The first-order valence-corrected chi connectivity index (χ1v) is 6.37.